The minimum Gasteiger partial charge on any atom is -0.462 e. The predicted octanol–water partition coefficient (Wildman–Crippen LogP) is 24.8. The van der Waals surface area contributed by atoms with Gasteiger partial charge in [0.2, 0.25) is 0 Å². The maximum atomic E-state index is 13.0. The topological polar surface area (TPSA) is 78.9 Å². The minimum absolute atomic E-state index is 0.0810. The van der Waals surface area contributed by atoms with Crippen LogP contribution in [0.4, 0.5) is 0 Å². The number of unbranched alkanes of at least 4 members (excludes halogenated alkanes) is 43. The van der Waals surface area contributed by atoms with Gasteiger partial charge in [0.15, 0.2) is 6.10 Å². The van der Waals surface area contributed by atoms with Crippen LogP contribution in [0.5, 0.6) is 0 Å². The molecule has 1 unspecified atom stereocenters. The average Bonchev–Trinajstić information content (AvgIpc) is 3.47. The SMILES string of the molecule is CC/C=C\C/C=C\C/C=C\C/C=C\C/C=C\C/C=C\CCCCCCC(=O)OC(COC(=O)CCCCCCCCCCCCCCCCCCC)COC(=O)CCCCCCCCCCCCCCCCCCCCCCCCCC. The van der Waals surface area contributed by atoms with E-state index in [9.17, 15) is 14.4 Å². The normalized spacial score (nSPS) is 12.5. The molecule has 6 nitrogen and oxygen atoms in total. The molecule has 0 amide bonds. The van der Waals surface area contributed by atoms with Crippen LogP contribution < -0.4 is 0 Å². The Hall–Kier alpha value is -3.15. The van der Waals surface area contributed by atoms with Crippen LogP contribution in [0.15, 0.2) is 72.9 Å². The molecule has 0 aromatic rings. The smallest absolute Gasteiger partial charge is 0.306 e. The van der Waals surface area contributed by atoms with E-state index in [1.54, 1.807) is 0 Å². The molecular formula is C76H136O6. The highest BCUT2D eigenvalue weighted by atomic mass is 16.6. The Morgan fingerprint density at radius 2 is 0.476 bits per heavy atom. The number of ether oxygens (including phenoxy) is 3. The molecule has 1 atom stereocenters. The zero-order chi connectivity index (χ0) is 59.2. The summed E-state index contributed by atoms with van der Waals surface area (Å²) < 4.78 is 17.0. The molecule has 0 saturated carbocycles. The third-order valence-corrected chi connectivity index (χ3v) is 16.0. The van der Waals surface area contributed by atoms with Crippen molar-refractivity contribution in [2.75, 3.05) is 13.2 Å². The molecule has 0 heterocycles. The molecule has 0 N–H and O–H groups in total. The molecule has 0 rings (SSSR count). The highest BCUT2D eigenvalue weighted by Gasteiger charge is 2.19. The van der Waals surface area contributed by atoms with Crippen molar-refractivity contribution in [3.8, 4) is 0 Å². The Morgan fingerprint density at radius 1 is 0.256 bits per heavy atom. The number of carbonyl (C=O) groups excluding carboxylic acids is 3. The van der Waals surface area contributed by atoms with E-state index >= 15 is 0 Å². The third-order valence-electron chi connectivity index (χ3n) is 16.0. The summed E-state index contributed by atoms with van der Waals surface area (Å²) >= 11 is 0. The van der Waals surface area contributed by atoms with Crippen LogP contribution in [0.25, 0.3) is 0 Å². The first-order chi connectivity index (χ1) is 40.5. The van der Waals surface area contributed by atoms with E-state index < -0.39 is 6.10 Å². The fourth-order valence-electron chi connectivity index (χ4n) is 10.6. The van der Waals surface area contributed by atoms with Gasteiger partial charge < -0.3 is 14.2 Å². The van der Waals surface area contributed by atoms with Crippen molar-refractivity contribution in [2.45, 2.75) is 380 Å². The van der Waals surface area contributed by atoms with Gasteiger partial charge in [-0.15, -0.1) is 0 Å². The summed E-state index contributed by atoms with van der Waals surface area (Å²) in [5, 5.41) is 0. The fourth-order valence-corrected chi connectivity index (χ4v) is 10.6. The molecule has 0 fully saturated rings. The van der Waals surface area contributed by atoms with Crippen LogP contribution in [0, 0.1) is 0 Å². The van der Waals surface area contributed by atoms with Crippen molar-refractivity contribution >= 4 is 17.9 Å². The molecule has 0 aliphatic carbocycles. The van der Waals surface area contributed by atoms with Crippen molar-refractivity contribution < 1.29 is 28.6 Å². The van der Waals surface area contributed by atoms with Crippen LogP contribution in [0.1, 0.15) is 374 Å². The van der Waals surface area contributed by atoms with E-state index in [0.29, 0.717) is 19.3 Å². The van der Waals surface area contributed by atoms with Gasteiger partial charge in [-0.05, 0) is 70.6 Å². The van der Waals surface area contributed by atoms with Gasteiger partial charge >= 0.3 is 17.9 Å². The molecule has 0 spiro atoms. The first kappa shape index (κ1) is 78.8. The second-order valence-electron chi connectivity index (χ2n) is 24.1. The van der Waals surface area contributed by atoms with E-state index in [0.717, 1.165) is 109 Å². The van der Waals surface area contributed by atoms with E-state index in [-0.39, 0.29) is 31.1 Å². The standard InChI is InChI=1S/C76H136O6/c1-4-7-10-13-16-19-22-25-28-31-33-35-37-39-40-42-45-48-51-54-57-60-63-66-69-75(78)81-72-73(71-80-74(77)68-65-62-59-56-53-50-47-44-30-27-24-21-18-15-12-9-6-3)82-76(79)70-67-64-61-58-55-52-49-46-43-41-38-36-34-32-29-26-23-20-17-14-11-8-5-2/h8,11,17,20,26,29,34,36,41,43,49,52,73H,4-7,9-10,12-16,18-19,21-25,27-28,30-33,35,37-40,42,44-48,50-51,53-72H2,1-3H3/b11-8-,20-17-,29-26-,36-34-,43-41-,52-49-. The second-order valence-corrected chi connectivity index (χ2v) is 24.1. The summed E-state index contributed by atoms with van der Waals surface area (Å²) in [7, 11) is 0. The van der Waals surface area contributed by atoms with Crippen molar-refractivity contribution in [3.05, 3.63) is 72.9 Å². The summed E-state index contributed by atoms with van der Waals surface area (Å²) in [6.45, 7) is 6.58. The molecular weight excluding hydrogens is 1010 g/mol. The Labute approximate surface area is 510 Å². The number of esters is 3. The molecule has 476 valence electrons. The number of carbonyl (C=O) groups is 3. The first-order valence-electron chi connectivity index (χ1n) is 35.9. The summed E-state index contributed by atoms with van der Waals surface area (Å²) in [5.74, 6) is -0.880. The average molecular weight is 1150 g/mol. The number of allylic oxidation sites excluding steroid dienone is 12. The lowest BCUT2D eigenvalue weighted by molar-refractivity contribution is -0.167. The zero-order valence-corrected chi connectivity index (χ0v) is 54.8. The molecule has 0 radical (unpaired) electrons. The first-order valence-corrected chi connectivity index (χ1v) is 35.9. The number of rotatable bonds is 66. The molecule has 0 bridgehead atoms. The molecule has 0 aromatic carbocycles. The van der Waals surface area contributed by atoms with Crippen molar-refractivity contribution in [1.29, 1.82) is 0 Å². The number of hydrogen-bond acceptors (Lipinski definition) is 6. The van der Waals surface area contributed by atoms with Gasteiger partial charge in [-0.2, -0.15) is 0 Å². The maximum absolute atomic E-state index is 13.0. The lowest BCUT2D eigenvalue weighted by Gasteiger charge is -2.18. The molecule has 0 aromatic heterocycles. The second kappa shape index (κ2) is 70.3. The van der Waals surface area contributed by atoms with Crippen molar-refractivity contribution in [1.82, 2.24) is 0 Å². The van der Waals surface area contributed by atoms with Crippen molar-refractivity contribution in [3.63, 3.8) is 0 Å². The van der Waals surface area contributed by atoms with Gasteiger partial charge in [0.1, 0.15) is 13.2 Å². The van der Waals surface area contributed by atoms with E-state index in [1.165, 1.54) is 225 Å². The lowest BCUT2D eigenvalue weighted by atomic mass is 10.0. The van der Waals surface area contributed by atoms with Gasteiger partial charge in [-0.25, -0.2) is 0 Å². The molecule has 6 heteroatoms. The summed E-state index contributed by atoms with van der Waals surface area (Å²) in [5.41, 5.74) is 0. The van der Waals surface area contributed by atoms with Crippen LogP contribution in [0.2, 0.25) is 0 Å². The lowest BCUT2D eigenvalue weighted by Crippen LogP contribution is -2.30. The van der Waals surface area contributed by atoms with Gasteiger partial charge in [0.25, 0.3) is 0 Å². The fraction of sp³-hybridized carbons (Fsp3) is 0.803. The third kappa shape index (κ3) is 67.6. The van der Waals surface area contributed by atoms with Crippen LogP contribution >= 0.6 is 0 Å². The van der Waals surface area contributed by atoms with Gasteiger partial charge in [-0.1, -0.05) is 357 Å². The summed E-state index contributed by atoms with van der Waals surface area (Å²) in [4.78, 5) is 38.5. The highest BCUT2D eigenvalue weighted by Crippen LogP contribution is 2.18. The highest BCUT2D eigenvalue weighted by molar-refractivity contribution is 5.71. The van der Waals surface area contributed by atoms with Gasteiger partial charge in [0, 0.05) is 19.3 Å². The Morgan fingerprint density at radius 3 is 0.744 bits per heavy atom. The zero-order valence-electron chi connectivity index (χ0n) is 54.8. The predicted molar refractivity (Wildman–Crippen MR) is 358 cm³/mol. The quantitative estimate of drug-likeness (QED) is 0.0261. The Kier molecular flexibility index (Phi) is 67.6. The van der Waals surface area contributed by atoms with E-state index in [1.807, 2.05) is 0 Å². The number of hydrogen-bond donors (Lipinski definition) is 0. The largest absolute Gasteiger partial charge is 0.462 e. The van der Waals surface area contributed by atoms with Crippen LogP contribution in [-0.2, 0) is 28.6 Å². The Balaban J connectivity index is 4.36. The van der Waals surface area contributed by atoms with Crippen LogP contribution in [-0.4, -0.2) is 37.2 Å². The maximum Gasteiger partial charge on any atom is 0.306 e. The molecule has 0 aliphatic rings. The minimum atomic E-state index is -0.789. The molecule has 0 aliphatic heterocycles. The molecule has 82 heavy (non-hydrogen) atoms. The van der Waals surface area contributed by atoms with Gasteiger partial charge in [0.05, 0.1) is 0 Å². The van der Waals surface area contributed by atoms with E-state index in [2.05, 4.69) is 93.7 Å². The Bertz CT molecular complexity index is 1500. The van der Waals surface area contributed by atoms with Gasteiger partial charge in [-0.3, -0.25) is 14.4 Å². The monoisotopic (exact) mass is 1150 g/mol. The molecule has 0 saturated heterocycles. The summed E-state index contributed by atoms with van der Waals surface area (Å²) in [6.07, 6.45) is 92.1. The summed E-state index contributed by atoms with van der Waals surface area (Å²) in [6, 6.07) is 0. The van der Waals surface area contributed by atoms with Crippen LogP contribution in [0.3, 0.4) is 0 Å². The van der Waals surface area contributed by atoms with E-state index in [4.69, 9.17) is 14.2 Å². The van der Waals surface area contributed by atoms with Crippen molar-refractivity contribution in [2.24, 2.45) is 0 Å².